The van der Waals surface area contributed by atoms with Crippen molar-refractivity contribution in [2.24, 2.45) is 17.8 Å². The van der Waals surface area contributed by atoms with Crippen LogP contribution in [0, 0.1) is 17.8 Å². The zero-order chi connectivity index (χ0) is 10.7. The van der Waals surface area contributed by atoms with Gasteiger partial charge in [-0.3, -0.25) is 4.79 Å². The van der Waals surface area contributed by atoms with Crippen LogP contribution in [-0.2, 0) is 9.53 Å². The van der Waals surface area contributed by atoms with Crippen LogP contribution in [0.4, 0.5) is 0 Å². The largest absolute Gasteiger partial charge is 0.382 e. The van der Waals surface area contributed by atoms with Crippen LogP contribution >= 0.6 is 0 Å². The normalized spacial score (nSPS) is 32.5. The molecule has 0 saturated heterocycles. The minimum absolute atomic E-state index is 0.277. The van der Waals surface area contributed by atoms with E-state index < -0.39 is 0 Å². The first-order chi connectivity index (χ1) is 7.31. The highest BCUT2D eigenvalue weighted by molar-refractivity contribution is 5.79. The zero-order valence-corrected chi connectivity index (χ0v) is 9.50. The maximum absolute atomic E-state index is 11.7. The van der Waals surface area contributed by atoms with Crippen molar-refractivity contribution in [3.63, 3.8) is 0 Å². The van der Waals surface area contributed by atoms with Gasteiger partial charge in [0.1, 0.15) is 0 Å². The minimum atomic E-state index is 0.277. The highest BCUT2D eigenvalue weighted by Crippen LogP contribution is 2.54. The van der Waals surface area contributed by atoms with Crippen LogP contribution in [0.2, 0.25) is 0 Å². The van der Waals surface area contributed by atoms with Crippen molar-refractivity contribution in [1.29, 1.82) is 0 Å². The zero-order valence-electron chi connectivity index (χ0n) is 9.50. The minimum Gasteiger partial charge on any atom is -0.382 e. The Kier molecular flexibility index (Phi) is 3.62. The third-order valence-corrected chi connectivity index (χ3v) is 3.58. The smallest absolute Gasteiger partial charge is 0.223 e. The molecular formula is C12H21NO2. The molecule has 0 aliphatic heterocycles. The van der Waals surface area contributed by atoms with Gasteiger partial charge in [-0.1, -0.05) is 0 Å². The molecule has 0 heterocycles. The number of carbonyl (C=O) groups excluding carboxylic acids is 1. The summed E-state index contributed by atoms with van der Waals surface area (Å²) in [6.45, 7) is 4.28. The summed E-state index contributed by atoms with van der Waals surface area (Å²) in [6, 6.07) is 0. The Bertz CT molecular complexity index is 220. The Labute approximate surface area is 91.6 Å². The van der Waals surface area contributed by atoms with Gasteiger partial charge in [0.05, 0.1) is 0 Å². The van der Waals surface area contributed by atoms with Gasteiger partial charge in [-0.25, -0.2) is 0 Å². The number of fused-ring (bicyclic) bond motifs is 1. The lowest BCUT2D eigenvalue weighted by Crippen LogP contribution is -2.31. The van der Waals surface area contributed by atoms with Crippen molar-refractivity contribution < 1.29 is 9.53 Å². The van der Waals surface area contributed by atoms with Crippen LogP contribution in [0.5, 0.6) is 0 Å². The maximum Gasteiger partial charge on any atom is 0.223 e. The van der Waals surface area contributed by atoms with Crippen LogP contribution in [0.25, 0.3) is 0 Å². The van der Waals surface area contributed by atoms with Gasteiger partial charge in [-0.2, -0.15) is 0 Å². The molecule has 2 fully saturated rings. The van der Waals surface area contributed by atoms with Crippen LogP contribution in [-0.4, -0.2) is 25.7 Å². The average Bonchev–Trinajstić information content (AvgIpc) is 2.85. The summed E-state index contributed by atoms with van der Waals surface area (Å²) in [4.78, 5) is 11.7. The molecule has 15 heavy (non-hydrogen) atoms. The third kappa shape index (κ3) is 2.94. The Morgan fingerprint density at radius 3 is 2.73 bits per heavy atom. The molecule has 0 spiro atoms. The molecular weight excluding hydrogens is 190 g/mol. The number of carbonyl (C=O) groups is 1. The van der Waals surface area contributed by atoms with Crippen molar-refractivity contribution in [3.05, 3.63) is 0 Å². The van der Waals surface area contributed by atoms with E-state index in [9.17, 15) is 4.79 Å². The molecule has 2 rings (SSSR count). The number of hydrogen-bond donors (Lipinski definition) is 1. The SMILES string of the molecule is CCOCCCNC(=O)C1CC2CC2C1. The predicted molar refractivity (Wildman–Crippen MR) is 58.4 cm³/mol. The summed E-state index contributed by atoms with van der Waals surface area (Å²) in [5.41, 5.74) is 0. The molecule has 1 N–H and O–H groups in total. The summed E-state index contributed by atoms with van der Waals surface area (Å²) in [5, 5.41) is 3.01. The van der Waals surface area contributed by atoms with Gasteiger partial charge < -0.3 is 10.1 Å². The Morgan fingerprint density at radius 2 is 2.07 bits per heavy atom. The first-order valence-corrected chi connectivity index (χ1v) is 6.16. The van der Waals surface area contributed by atoms with E-state index in [1.165, 1.54) is 6.42 Å². The molecule has 86 valence electrons. The van der Waals surface area contributed by atoms with E-state index in [-0.39, 0.29) is 5.91 Å². The van der Waals surface area contributed by atoms with Crippen molar-refractivity contribution in [2.45, 2.75) is 32.6 Å². The number of ether oxygens (including phenoxy) is 1. The maximum atomic E-state index is 11.7. The molecule has 2 unspecified atom stereocenters. The molecule has 2 aliphatic carbocycles. The van der Waals surface area contributed by atoms with Crippen LogP contribution in [0.15, 0.2) is 0 Å². The molecule has 0 bridgehead atoms. The van der Waals surface area contributed by atoms with E-state index in [0.717, 1.165) is 50.9 Å². The van der Waals surface area contributed by atoms with E-state index in [4.69, 9.17) is 4.74 Å². The van der Waals surface area contributed by atoms with Crippen LogP contribution in [0.1, 0.15) is 32.6 Å². The van der Waals surface area contributed by atoms with E-state index in [0.29, 0.717) is 5.92 Å². The van der Waals surface area contributed by atoms with Gasteiger partial charge in [-0.05, 0) is 44.4 Å². The highest BCUT2D eigenvalue weighted by atomic mass is 16.5. The van der Waals surface area contributed by atoms with Crippen molar-refractivity contribution >= 4 is 5.91 Å². The van der Waals surface area contributed by atoms with Crippen molar-refractivity contribution in [3.8, 4) is 0 Å². The number of nitrogens with one attached hydrogen (secondary N) is 1. The second kappa shape index (κ2) is 4.97. The molecule has 0 aromatic carbocycles. The molecule has 3 heteroatoms. The first-order valence-electron chi connectivity index (χ1n) is 6.16. The summed E-state index contributed by atoms with van der Waals surface area (Å²) >= 11 is 0. The summed E-state index contributed by atoms with van der Waals surface area (Å²) in [7, 11) is 0. The van der Waals surface area contributed by atoms with Gasteiger partial charge >= 0.3 is 0 Å². The fourth-order valence-electron chi connectivity index (χ4n) is 2.60. The van der Waals surface area contributed by atoms with Gasteiger partial charge in [0.2, 0.25) is 5.91 Å². The topological polar surface area (TPSA) is 38.3 Å². The molecule has 0 aromatic rings. The summed E-state index contributed by atoms with van der Waals surface area (Å²) in [6.07, 6.45) is 4.59. The van der Waals surface area contributed by atoms with E-state index in [1.807, 2.05) is 6.92 Å². The Balaban J connectivity index is 1.53. The van der Waals surface area contributed by atoms with Crippen molar-refractivity contribution in [2.75, 3.05) is 19.8 Å². The molecule has 0 aromatic heterocycles. The molecule has 2 aliphatic rings. The lowest BCUT2D eigenvalue weighted by atomic mass is 10.0. The first kappa shape index (κ1) is 10.9. The monoisotopic (exact) mass is 211 g/mol. The third-order valence-electron chi connectivity index (χ3n) is 3.58. The molecule has 0 radical (unpaired) electrons. The number of hydrogen-bond acceptors (Lipinski definition) is 2. The standard InChI is InChI=1S/C12H21NO2/c1-2-15-5-3-4-13-12(14)11-7-9-6-10(9)8-11/h9-11H,2-8H2,1H3,(H,13,14). The van der Waals surface area contributed by atoms with E-state index in [1.54, 1.807) is 0 Å². The second-order valence-corrected chi connectivity index (χ2v) is 4.77. The van der Waals surface area contributed by atoms with E-state index >= 15 is 0 Å². The average molecular weight is 211 g/mol. The highest BCUT2D eigenvalue weighted by Gasteiger charge is 2.47. The van der Waals surface area contributed by atoms with Gasteiger partial charge in [-0.15, -0.1) is 0 Å². The Hall–Kier alpha value is -0.570. The molecule has 3 nitrogen and oxygen atoms in total. The fraction of sp³-hybridized carbons (Fsp3) is 0.917. The van der Waals surface area contributed by atoms with E-state index in [2.05, 4.69) is 5.32 Å². The Morgan fingerprint density at radius 1 is 1.33 bits per heavy atom. The molecule has 1 amide bonds. The second-order valence-electron chi connectivity index (χ2n) is 4.77. The summed E-state index contributed by atoms with van der Waals surface area (Å²) < 4.78 is 5.21. The van der Waals surface area contributed by atoms with Crippen molar-refractivity contribution in [1.82, 2.24) is 5.32 Å². The molecule has 2 saturated carbocycles. The number of amides is 1. The van der Waals surface area contributed by atoms with Gasteiger partial charge in [0.15, 0.2) is 0 Å². The number of rotatable bonds is 6. The lowest BCUT2D eigenvalue weighted by Gasteiger charge is -2.11. The van der Waals surface area contributed by atoms with Crippen LogP contribution < -0.4 is 5.32 Å². The molecule has 2 atom stereocenters. The van der Waals surface area contributed by atoms with Gasteiger partial charge in [0.25, 0.3) is 0 Å². The van der Waals surface area contributed by atoms with Crippen LogP contribution in [0.3, 0.4) is 0 Å². The fourth-order valence-corrected chi connectivity index (χ4v) is 2.60. The van der Waals surface area contributed by atoms with Gasteiger partial charge in [0, 0.05) is 25.7 Å². The lowest BCUT2D eigenvalue weighted by molar-refractivity contribution is -0.125. The summed E-state index contributed by atoms with van der Waals surface area (Å²) in [5.74, 6) is 2.38. The predicted octanol–water partition coefficient (Wildman–Crippen LogP) is 1.58. The quantitative estimate of drug-likeness (QED) is 0.677.